The van der Waals surface area contributed by atoms with Gasteiger partial charge in [-0.3, -0.25) is 4.79 Å². The summed E-state index contributed by atoms with van der Waals surface area (Å²) in [5.41, 5.74) is 5.51. The van der Waals surface area contributed by atoms with Gasteiger partial charge in [0.15, 0.2) is 0 Å². The second-order valence-electron chi connectivity index (χ2n) is 4.25. The van der Waals surface area contributed by atoms with E-state index in [4.69, 9.17) is 5.73 Å². The number of thioether (sulfide) groups is 2. The van der Waals surface area contributed by atoms with Crippen molar-refractivity contribution in [1.82, 2.24) is 5.32 Å². The van der Waals surface area contributed by atoms with Gasteiger partial charge in [0.05, 0.1) is 0 Å². The maximum Gasteiger partial charge on any atom is 0.220 e. The molecule has 0 bridgehead atoms. The van der Waals surface area contributed by atoms with E-state index in [1.807, 2.05) is 23.5 Å². The Morgan fingerprint density at radius 1 is 1.56 bits per heavy atom. The topological polar surface area (TPSA) is 55.1 Å². The summed E-state index contributed by atoms with van der Waals surface area (Å²) >= 11 is 3.97. The molecule has 0 aromatic carbocycles. The zero-order valence-corrected chi connectivity index (χ0v) is 11.5. The van der Waals surface area contributed by atoms with Crippen LogP contribution in [0.3, 0.4) is 0 Å². The molecular formula is C11H22N2OS2. The van der Waals surface area contributed by atoms with Crippen LogP contribution in [0.5, 0.6) is 0 Å². The van der Waals surface area contributed by atoms with Gasteiger partial charge < -0.3 is 11.1 Å². The molecule has 0 aromatic rings. The maximum atomic E-state index is 11.5. The third-order valence-corrected chi connectivity index (χ3v) is 5.52. The van der Waals surface area contributed by atoms with E-state index in [1.54, 1.807) is 0 Å². The quantitative estimate of drug-likeness (QED) is 0.758. The molecule has 1 amide bonds. The summed E-state index contributed by atoms with van der Waals surface area (Å²) in [6.45, 7) is 3.58. The monoisotopic (exact) mass is 262 g/mol. The zero-order valence-electron chi connectivity index (χ0n) is 9.91. The number of carbonyl (C=O) groups excluding carboxylic acids is 1. The van der Waals surface area contributed by atoms with Crippen molar-refractivity contribution in [3.05, 3.63) is 0 Å². The first-order chi connectivity index (χ1) is 7.72. The number of hydrogen-bond donors (Lipinski definition) is 2. The summed E-state index contributed by atoms with van der Waals surface area (Å²) < 4.78 is 0. The SMILES string of the molecule is CC(CN)CCC(=O)NCC1CSCCS1. The zero-order chi connectivity index (χ0) is 11.8. The third kappa shape index (κ3) is 6.01. The Balaban J connectivity index is 2.05. The molecule has 2 atom stereocenters. The number of nitrogens with one attached hydrogen (secondary N) is 1. The molecule has 0 saturated carbocycles. The van der Waals surface area contributed by atoms with Crippen molar-refractivity contribution in [2.75, 3.05) is 30.3 Å². The van der Waals surface area contributed by atoms with Gasteiger partial charge in [-0.2, -0.15) is 23.5 Å². The van der Waals surface area contributed by atoms with Crippen molar-refractivity contribution in [1.29, 1.82) is 0 Å². The lowest BCUT2D eigenvalue weighted by Crippen LogP contribution is -2.33. The van der Waals surface area contributed by atoms with Crippen LogP contribution < -0.4 is 11.1 Å². The van der Waals surface area contributed by atoms with Crippen LogP contribution in [0.4, 0.5) is 0 Å². The van der Waals surface area contributed by atoms with Gasteiger partial charge in [0.25, 0.3) is 0 Å². The minimum Gasteiger partial charge on any atom is -0.355 e. The molecule has 3 nitrogen and oxygen atoms in total. The highest BCUT2D eigenvalue weighted by Crippen LogP contribution is 2.23. The molecule has 16 heavy (non-hydrogen) atoms. The highest BCUT2D eigenvalue weighted by Gasteiger charge is 2.15. The summed E-state index contributed by atoms with van der Waals surface area (Å²) in [7, 11) is 0. The van der Waals surface area contributed by atoms with Crippen molar-refractivity contribution >= 4 is 29.4 Å². The lowest BCUT2D eigenvalue weighted by molar-refractivity contribution is -0.121. The van der Waals surface area contributed by atoms with Crippen LogP contribution in [0, 0.1) is 5.92 Å². The third-order valence-electron chi connectivity index (χ3n) is 2.68. The predicted octanol–water partition coefficient (Wildman–Crippen LogP) is 1.33. The van der Waals surface area contributed by atoms with Crippen molar-refractivity contribution < 1.29 is 4.79 Å². The lowest BCUT2D eigenvalue weighted by Gasteiger charge is -2.21. The first-order valence-electron chi connectivity index (χ1n) is 5.88. The molecule has 1 saturated heterocycles. The molecule has 0 aromatic heterocycles. The van der Waals surface area contributed by atoms with Gasteiger partial charge in [0.1, 0.15) is 0 Å². The van der Waals surface area contributed by atoms with Crippen molar-refractivity contribution in [2.45, 2.75) is 25.0 Å². The summed E-state index contributed by atoms with van der Waals surface area (Å²) in [5.74, 6) is 4.27. The summed E-state index contributed by atoms with van der Waals surface area (Å²) in [4.78, 5) is 11.5. The molecule has 0 aliphatic carbocycles. The lowest BCUT2D eigenvalue weighted by atomic mass is 10.1. The molecule has 3 N–H and O–H groups in total. The molecular weight excluding hydrogens is 240 g/mol. The minimum atomic E-state index is 0.177. The summed E-state index contributed by atoms with van der Waals surface area (Å²) in [6, 6.07) is 0. The van der Waals surface area contributed by atoms with Gasteiger partial charge in [-0.05, 0) is 18.9 Å². The Morgan fingerprint density at radius 2 is 2.38 bits per heavy atom. The Morgan fingerprint density at radius 3 is 3.00 bits per heavy atom. The summed E-state index contributed by atoms with van der Waals surface area (Å²) in [6.07, 6.45) is 1.51. The van der Waals surface area contributed by atoms with E-state index < -0.39 is 0 Å². The number of carbonyl (C=O) groups is 1. The average Bonchev–Trinajstić information content (AvgIpc) is 2.34. The van der Waals surface area contributed by atoms with Crippen LogP contribution in [0.2, 0.25) is 0 Å². The molecule has 1 aliphatic rings. The van der Waals surface area contributed by atoms with Crippen LogP contribution >= 0.6 is 23.5 Å². The highest BCUT2D eigenvalue weighted by molar-refractivity contribution is 8.06. The van der Waals surface area contributed by atoms with E-state index in [0.29, 0.717) is 24.1 Å². The number of amides is 1. The van der Waals surface area contributed by atoms with Crippen LogP contribution in [0.1, 0.15) is 19.8 Å². The molecule has 1 fully saturated rings. The molecule has 0 spiro atoms. The van der Waals surface area contributed by atoms with E-state index in [-0.39, 0.29) is 5.91 Å². The number of hydrogen-bond acceptors (Lipinski definition) is 4. The van der Waals surface area contributed by atoms with Gasteiger partial charge in [-0.15, -0.1) is 0 Å². The van der Waals surface area contributed by atoms with E-state index in [2.05, 4.69) is 12.2 Å². The van der Waals surface area contributed by atoms with Crippen molar-refractivity contribution in [3.63, 3.8) is 0 Å². The van der Waals surface area contributed by atoms with Crippen molar-refractivity contribution in [3.8, 4) is 0 Å². The fourth-order valence-electron chi connectivity index (χ4n) is 1.47. The molecule has 5 heteroatoms. The minimum absolute atomic E-state index is 0.177. The second-order valence-corrected chi connectivity index (χ2v) is 6.81. The van der Waals surface area contributed by atoms with Gasteiger partial charge in [0.2, 0.25) is 5.91 Å². The standard InChI is InChI=1S/C11H22N2OS2/c1-9(6-12)2-3-11(14)13-7-10-8-15-4-5-16-10/h9-10H,2-8,12H2,1H3,(H,13,14). The van der Waals surface area contributed by atoms with Gasteiger partial charge in [-0.1, -0.05) is 6.92 Å². The van der Waals surface area contributed by atoms with Gasteiger partial charge in [-0.25, -0.2) is 0 Å². The molecule has 1 heterocycles. The highest BCUT2D eigenvalue weighted by atomic mass is 32.2. The largest absolute Gasteiger partial charge is 0.355 e. The van der Waals surface area contributed by atoms with Crippen LogP contribution in [-0.4, -0.2) is 41.5 Å². The van der Waals surface area contributed by atoms with Crippen molar-refractivity contribution in [2.24, 2.45) is 11.7 Å². The maximum absolute atomic E-state index is 11.5. The Labute approximate surface area is 107 Å². The first kappa shape index (κ1) is 14.2. The predicted molar refractivity (Wildman–Crippen MR) is 74.0 cm³/mol. The molecule has 1 rings (SSSR count). The van der Waals surface area contributed by atoms with Crippen LogP contribution in [0.25, 0.3) is 0 Å². The first-order valence-corrected chi connectivity index (χ1v) is 8.09. The van der Waals surface area contributed by atoms with Gasteiger partial charge in [0, 0.05) is 35.5 Å². The molecule has 0 radical (unpaired) electrons. The van der Waals surface area contributed by atoms with Crippen LogP contribution in [0.15, 0.2) is 0 Å². The Hall–Kier alpha value is 0.130. The Kier molecular flexibility index (Phi) is 7.32. The number of rotatable bonds is 6. The fourth-order valence-corrected chi connectivity index (χ4v) is 4.08. The number of nitrogens with two attached hydrogens (primary N) is 1. The molecule has 2 unspecified atom stereocenters. The van der Waals surface area contributed by atoms with E-state index in [9.17, 15) is 4.79 Å². The molecule has 1 aliphatic heterocycles. The molecule has 94 valence electrons. The van der Waals surface area contributed by atoms with E-state index >= 15 is 0 Å². The van der Waals surface area contributed by atoms with Crippen LogP contribution in [-0.2, 0) is 4.79 Å². The van der Waals surface area contributed by atoms with E-state index in [1.165, 1.54) is 17.3 Å². The summed E-state index contributed by atoms with van der Waals surface area (Å²) in [5, 5.41) is 3.62. The second kappa shape index (κ2) is 8.25. The normalized spacial score (nSPS) is 22.8. The Bertz CT molecular complexity index is 208. The van der Waals surface area contributed by atoms with Gasteiger partial charge >= 0.3 is 0 Å². The fraction of sp³-hybridized carbons (Fsp3) is 0.909. The smallest absolute Gasteiger partial charge is 0.220 e. The average molecular weight is 262 g/mol. The van der Waals surface area contributed by atoms with E-state index in [0.717, 1.165) is 13.0 Å².